The van der Waals surface area contributed by atoms with Crippen LogP contribution in [0.1, 0.15) is 113 Å². The van der Waals surface area contributed by atoms with E-state index in [0.717, 1.165) is 37.8 Å². The van der Waals surface area contributed by atoms with Crippen molar-refractivity contribution in [3.63, 3.8) is 0 Å². The maximum Gasteiger partial charge on any atom is 0.280 e. The number of nitrogens with zero attached hydrogens (tertiary/aromatic N) is 2. The molecule has 0 saturated heterocycles. The molecule has 0 spiro atoms. The highest BCUT2D eigenvalue weighted by molar-refractivity contribution is 5.90. The number of rotatable bonds is 18. The van der Waals surface area contributed by atoms with Crippen molar-refractivity contribution in [3.8, 4) is 0 Å². The Morgan fingerprint density at radius 3 is 1.58 bits per heavy atom. The van der Waals surface area contributed by atoms with E-state index in [9.17, 15) is 30.1 Å². The normalized spacial score (nSPS) is 10.9. The van der Waals surface area contributed by atoms with Gasteiger partial charge in [-0.3, -0.25) is 20.2 Å². The third-order valence-corrected chi connectivity index (χ3v) is 5.62. The molecule has 8 nitrogen and oxygen atoms in total. The average Bonchev–Trinajstić information content (AvgIpc) is 2.73. The Morgan fingerprint density at radius 1 is 0.742 bits per heavy atom. The molecule has 1 rings (SSSR count). The van der Waals surface area contributed by atoms with E-state index in [0.29, 0.717) is 6.42 Å². The van der Waals surface area contributed by atoms with Gasteiger partial charge in [0.05, 0.1) is 21.9 Å². The van der Waals surface area contributed by atoms with Crippen LogP contribution in [-0.2, 0) is 6.42 Å². The molecule has 0 aromatic heterocycles. The molecule has 0 fully saturated rings. The van der Waals surface area contributed by atoms with E-state index < -0.39 is 32.8 Å². The molecule has 0 amide bonds. The summed E-state index contributed by atoms with van der Waals surface area (Å²) < 4.78 is 0. The van der Waals surface area contributed by atoms with E-state index in [4.69, 9.17) is 0 Å². The number of hydrogen-bond acceptors (Lipinski definition) is 6. The Labute approximate surface area is 184 Å². The summed E-state index contributed by atoms with van der Waals surface area (Å²) in [5.41, 5.74) is -1.59. The summed E-state index contributed by atoms with van der Waals surface area (Å²) in [4.78, 5) is 32.0. The van der Waals surface area contributed by atoms with Crippen molar-refractivity contribution in [3.05, 3.63) is 43.5 Å². The largest absolute Gasteiger partial charge is 0.545 e. The zero-order valence-corrected chi connectivity index (χ0v) is 18.6. The number of carboxylic acid groups (broad SMARTS) is 1. The van der Waals surface area contributed by atoms with Gasteiger partial charge in [0, 0.05) is 17.2 Å². The van der Waals surface area contributed by atoms with Crippen LogP contribution in [0, 0.1) is 20.2 Å². The van der Waals surface area contributed by atoms with E-state index in [1.54, 1.807) is 0 Å². The van der Waals surface area contributed by atoms with Crippen molar-refractivity contribution < 1.29 is 19.7 Å². The highest BCUT2D eigenvalue weighted by Gasteiger charge is 2.24. The van der Waals surface area contributed by atoms with E-state index >= 15 is 0 Å². The number of nitro groups is 2. The summed E-state index contributed by atoms with van der Waals surface area (Å²) in [6.07, 6.45) is 16.6. The minimum absolute atomic E-state index is 0.00883. The predicted molar refractivity (Wildman–Crippen MR) is 118 cm³/mol. The number of benzene rings is 1. The summed E-state index contributed by atoms with van der Waals surface area (Å²) >= 11 is 0. The Balaban J connectivity index is 2.32. The summed E-state index contributed by atoms with van der Waals surface area (Å²) in [5, 5.41) is 33.6. The van der Waals surface area contributed by atoms with Gasteiger partial charge in [0.1, 0.15) is 0 Å². The highest BCUT2D eigenvalue weighted by Crippen LogP contribution is 2.30. The van der Waals surface area contributed by atoms with E-state index in [-0.39, 0.29) is 12.0 Å². The second kappa shape index (κ2) is 15.3. The molecule has 0 atom stereocenters. The van der Waals surface area contributed by atoms with Gasteiger partial charge in [0.25, 0.3) is 11.4 Å². The molecule has 174 valence electrons. The van der Waals surface area contributed by atoms with Crippen LogP contribution in [0.4, 0.5) is 11.4 Å². The fourth-order valence-electron chi connectivity index (χ4n) is 3.85. The third-order valence-electron chi connectivity index (χ3n) is 5.62. The minimum atomic E-state index is -1.63. The van der Waals surface area contributed by atoms with Gasteiger partial charge >= 0.3 is 0 Å². The second-order valence-electron chi connectivity index (χ2n) is 8.14. The van der Waals surface area contributed by atoms with Gasteiger partial charge in [-0.05, 0) is 12.8 Å². The number of hydrogen-bond donors (Lipinski definition) is 0. The summed E-state index contributed by atoms with van der Waals surface area (Å²) in [7, 11) is 0. The lowest BCUT2D eigenvalue weighted by Crippen LogP contribution is -2.24. The molecule has 1 aromatic rings. The van der Waals surface area contributed by atoms with Gasteiger partial charge < -0.3 is 9.90 Å². The third kappa shape index (κ3) is 10.4. The lowest BCUT2D eigenvalue weighted by atomic mass is 9.97. The van der Waals surface area contributed by atoms with Crippen LogP contribution in [0.15, 0.2) is 12.1 Å². The zero-order chi connectivity index (χ0) is 23.1. The topological polar surface area (TPSA) is 126 Å². The Bertz CT molecular complexity index is 685. The number of carbonyl (C=O) groups excluding carboxylic acids is 1. The molecule has 0 aliphatic carbocycles. The van der Waals surface area contributed by atoms with Crippen LogP contribution in [0.3, 0.4) is 0 Å². The van der Waals surface area contributed by atoms with Crippen LogP contribution in [0.25, 0.3) is 0 Å². The first-order chi connectivity index (χ1) is 14.9. The van der Waals surface area contributed by atoms with Crippen molar-refractivity contribution in [1.29, 1.82) is 0 Å². The van der Waals surface area contributed by atoms with Gasteiger partial charge in [-0.2, -0.15) is 0 Å². The number of carbonyl (C=O) groups is 1. The lowest BCUT2D eigenvalue weighted by Gasteiger charge is -2.11. The van der Waals surface area contributed by atoms with Gasteiger partial charge in [-0.25, -0.2) is 0 Å². The maximum atomic E-state index is 11.4. The minimum Gasteiger partial charge on any atom is -0.545 e. The number of aromatic carboxylic acids is 1. The molecule has 0 saturated carbocycles. The molecule has 31 heavy (non-hydrogen) atoms. The predicted octanol–water partition coefficient (Wildman–Crippen LogP) is 5.89. The van der Waals surface area contributed by atoms with Crippen molar-refractivity contribution >= 4 is 17.3 Å². The van der Waals surface area contributed by atoms with Crippen LogP contribution >= 0.6 is 0 Å². The van der Waals surface area contributed by atoms with Gasteiger partial charge in [0.15, 0.2) is 0 Å². The lowest BCUT2D eigenvalue weighted by molar-refractivity contribution is -0.394. The van der Waals surface area contributed by atoms with E-state index in [2.05, 4.69) is 6.92 Å². The summed E-state index contributed by atoms with van der Waals surface area (Å²) in [6.45, 7) is 2.23. The fraction of sp³-hybridized carbons (Fsp3) is 0.696. The summed E-state index contributed by atoms with van der Waals surface area (Å²) in [6, 6.07) is 1.67. The Hall–Kier alpha value is -2.51. The number of non-ortho nitro benzene ring substituents is 1. The maximum absolute atomic E-state index is 11.4. The number of unbranched alkanes of at least 4 members (excludes halogenated alkanes) is 13. The van der Waals surface area contributed by atoms with Gasteiger partial charge in [0.2, 0.25) is 0 Å². The highest BCUT2D eigenvalue weighted by atomic mass is 16.6. The van der Waals surface area contributed by atoms with E-state index in [1.807, 2.05) is 0 Å². The molecule has 0 aliphatic heterocycles. The van der Waals surface area contributed by atoms with Gasteiger partial charge in [-0.15, -0.1) is 0 Å². The molecule has 8 heteroatoms. The van der Waals surface area contributed by atoms with Gasteiger partial charge in [-0.1, -0.05) is 90.4 Å². The van der Waals surface area contributed by atoms with Crippen LogP contribution in [0.2, 0.25) is 0 Å². The van der Waals surface area contributed by atoms with Crippen molar-refractivity contribution in [2.75, 3.05) is 0 Å². The van der Waals surface area contributed by atoms with Crippen LogP contribution in [-0.4, -0.2) is 15.8 Å². The monoisotopic (exact) mass is 435 g/mol. The summed E-state index contributed by atoms with van der Waals surface area (Å²) in [5.74, 6) is -1.63. The van der Waals surface area contributed by atoms with Crippen LogP contribution in [0.5, 0.6) is 0 Å². The van der Waals surface area contributed by atoms with Crippen molar-refractivity contribution in [2.24, 2.45) is 0 Å². The first kappa shape index (κ1) is 26.5. The van der Waals surface area contributed by atoms with E-state index in [1.165, 1.54) is 57.8 Å². The molecule has 0 heterocycles. The quantitative estimate of drug-likeness (QED) is 0.161. The average molecular weight is 436 g/mol. The standard InChI is InChI=1S/C23H36N2O6/c1-2-3-4-5-6-7-8-9-10-11-12-13-14-15-16-20-21(23(26)27)17-19(24(28)29)18-22(20)25(30)31/h17-18H,2-16H2,1H3,(H,26,27)/p-1. The molecular weight excluding hydrogens is 400 g/mol. The molecule has 0 unspecified atom stereocenters. The molecular formula is C23H35N2O6-. The molecule has 0 bridgehead atoms. The number of carboxylic acids is 1. The molecule has 1 aromatic carbocycles. The fourth-order valence-corrected chi connectivity index (χ4v) is 3.85. The first-order valence-corrected chi connectivity index (χ1v) is 11.6. The van der Waals surface area contributed by atoms with Crippen LogP contribution < -0.4 is 5.11 Å². The Kier molecular flexibility index (Phi) is 13.1. The first-order valence-electron chi connectivity index (χ1n) is 11.6. The van der Waals surface area contributed by atoms with Crippen molar-refractivity contribution in [1.82, 2.24) is 0 Å². The zero-order valence-electron chi connectivity index (χ0n) is 18.6. The SMILES string of the molecule is CCCCCCCCCCCCCCCCc1c(C(=O)[O-])cc([N+](=O)[O-])cc1[N+](=O)[O-]. The molecule has 0 aliphatic rings. The van der Waals surface area contributed by atoms with Crippen molar-refractivity contribution in [2.45, 2.75) is 103 Å². The number of nitro benzene ring substituents is 2. The molecule has 0 radical (unpaired) electrons. The molecule has 0 N–H and O–H groups in total. The smallest absolute Gasteiger partial charge is 0.280 e. The second-order valence-corrected chi connectivity index (χ2v) is 8.14. The Morgan fingerprint density at radius 2 is 1.19 bits per heavy atom.